The van der Waals surface area contributed by atoms with E-state index in [1.165, 1.54) is 17.0 Å². The number of benzene rings is 1. The molecule has 3 nitrogen and oxygen atoms in total. The number of rotatable bonds is 1. The maximum Gasteiger partial charge on any atom is 0.253 e. The number of hydrogen-bond donors (Lipinski definition) is 1. The van der Waals surface area contributed by atoms with Crippen LogP contribution in [0.15, 0.2) is 18.2 Å². The van der Waals surface area contributed by atoms with Gasteiger partial charge in [0.1, 0.15) is 5.82 Å². The molecule has 1 aliphatic heterocycles. The first-order valence-corrected chi connectivity index (χ1v) is 5.92. The zero-order valence-corrected chi connectivity index (χ0v) is 10.3. The highest BCUT2D eigenvalue weighted by molar-refractivity contribution is 6.31. The third-order valence-electron chi connectivity index (χ3n) is 2.98. The molecule has 98 valence electrons. The summed E-state index contributed by atoms with van der Waals surface area (Å²) in [5, 5.41) is 9.02. The summed E-state index contributed by atoms with van der Waals surface area (Å²) in [6.07, 6.45) is -0.235. The number of carbonyl (C=O) groups excluding carboxylic acids is 1. The number of piperidine rings is 1. The van der Waals surface area contributed by atoms with Crippen molar-refractivity contribution in [2.24, 2.45) is 0 Å². The number of likely N-dealkylation sites (tertiary alicyclic amines) is 1. The number of nitrogens with zero attached hydrogens (tertiary/aromatic N) is 1. The van der Waals surface area contributed by atoms with E-state index >= 15 is 0 Å². The lowest BCUT2D eigenvalue weighted by molar-refractivity contribution is -0.121. The zero-order chi connectivity index (χ0) is 13.3. The van der Waals surface area contributed by atoms with Crippen LogP contribution in [0.1, 0.15) is 23.2 Å². The second kappa shape index (κ2) is 4.82. The fraction of sp³-hybridized carbons (Fsp3) is 0.417. The molecule has 0 unspecified atom stereocenters. The number of hydrogen-bond acceptors (Lipinski definition) is 2. The molecule has 0 atom stereocenters. The lowest BCUT2D eigenvalue weighted by Crippen LogP contribution is -2.44. The Morgan fingerprint density at radius 2 is 2.00 bits per heavy atom. The quantitative estimate of drug-likeness (QED) is 0.855. The summed E-state index contributed by atoms with van der Waals surface area (Å²) in [7, 11) is 0. The van der Waals surface area contributed by atoms with E-state index in [4.69, 9.17) is 16.7 Å². The van der Waals surface area contributed by atoms with E-state index in [-0.39, 0.29) is 42.4 Å². The van der Waals surface area contributed by atoms with Gasteiger partial charge in [-0.25, -0.2) is 8.78 Å². The lowest BCUT2D eigenvalue weighted by atomic mass is 10.0. The number of carbonyl (C=O) groups is 1. The van der Waals surface area contributed by atoms with Crippen molar-refractivity contribution in [3.05, 3.63) is 34.6 Å². The fourth-order valence-electron chi connectivity index (χ4n) is 1.86. The van der Waals surface area contributed by atoms with Crippen molar-refractivity contribution in [3.8, 4) is 0 Å². The zero-order valence-electron chi connectivity index (χ0n) is 9.50. The van der Waals surface area contributed by atoms with E-state index < -0.39 is 11.7 Å². The van der Waals surface area contributed by atoms with Gasteiger partial charge in [-0.1, -0.05) is 11.6 Å². The van der Waals surface area contributed by atoms with E-state index in [1.807, 2.05) is 0 Å². The molecular weight excluding hydrogens is 264 g/mol. The third-order valence-corrected chi connectivity index (χ3v) is 3.27. The van der Waals surface area contributed by atoms with Gasteiger partial charge in [0.05, 0.1) is 5.02 Å². The SMILES string of the molecule is O=C(c1ccc(F)c(Cl)c1)N1CCC(O)(F)CC1. The Kier molecular flexibility index (Phi) is 3.54. The first kappa shape index (κ1) is 13.2. The fourth-order valence-corrected chi connectivity index (χ4v) is 2.04. The molecule has 1 fully saturated rings. The minimum absolute atomic E-state index is 0.117. The van der Waals surface area contributed by atoms with Crippen LogP contribution in [0.25, 0.3) is 0 Å². The van der Waals surface area contributed by atoms with Gasteiger partial charge in [-0.3, -0.25) is 4.79 Å². The Balaban J connectivity index is 2.10. The summed E-state index contributed by atoms with van der Waals surface area (Å²) in [5.74, 6) is -3.13. The van der Waals surface area contributed by atoms with Crippen molar-refractivity contribution >= 4 is 17.5 Å². The van der Waals surface area contributed by atoms with E-state index in [0.717, 1.165) is 6.07 Å². The molecule has 0 aliphatic carbocycles. The van der Waals surface area contributed by atoms with E-state index in [1.54, 1.807) is 0 Å². The molecule has 0 spiro atoms. The molecule has 0 radical (unpaired) electrons. The van der Waals surface area contributed by atoms with Gasteiger partial charge in [-0.15, -0.1) is 0 Å². The van der Waals surface area contributed by atoms with Crippen LogP contribution in [0, 0.1) is 5.82 Å². The van der Waals surface area contributed by atoms with Gasteiger partial charge in [-0.05, 0) is 18.2 Å². The van der Waals surface area contributed by atoms with Gasteiger partial charge in [-0.2, -0.15) is 0 Å². The number of aliphatic hydroxyl groups is 1. The van der Waals surface area contributed by atoms with Crippen molar-refractivity contribution in [2.45, 2.75) is 18.7 Å². The Morgan fingerprint density at radius 3 is 2.56 bits per heavy atom. The molecular formula is C12H12ClF2NO2. The average molecular weight is 276 g/mol. The van der Waals surface area contributed by atoms with Gasteiger partial charge in [0, 0.05) is 31.5 Å². The smallest absolute Gasteiger partial charge is 0.253 e. The van der Waals surface area contributed by atoms with Crippen molar-refractivity contribution in [3.63, 3.8) is 0 Å². The average Bonchev–Trinajstić information content (AvgIpc) is 2.32. The summed E-state index contributed by atoms with van der Waals surface area (Å²) in [6.45, 7) is 0.252. The van der Waals surface area contributed by atoms with Gasteiger partial charge in [0.2, 0.25) is 5.85 Å². The van der Waals surface area contributed by atoms with Gasteiger partial charge < -0.3 is 10.0 Å². The van der Waals surface area contributed by atoms with Crippen LogP contribution in [0.3, 0.4) is 0 Å². The highest BCUT2D eigenvalue weighted by Gasteiger charge is 2.33. The summed E-state index contributed by atoms with van der Waals surface area (Å²) in [5.41, 5.74) is 0.255. The summed E-state index contributed by atoms with van der Waals surface area (Å²) in [4.78, 5) is 13.4. The molecule has 6 heteroatoms. The second-order valence-corrected chi connectivity index (χ2v) is 4.75. The highest BCUT2D eigenvalue weighted by atomic mass is 35.5. The van der Waals surface area contributed by atoms with Crippen LogP contribution in [0.5, 0.6) is 0 Å². The predicted molar refractivity (Wildman–Crippen MR) is 62.6 cm³/mol. The molecule has 0 saturated carbocycles. The topological polar surface area (TPSA) is 40.5 Å². The minimum atomic E-state index is -2.20. The molecule has 1 amide bonds. The molecule has 1 heterocycles. The summed E-state index contributed by atoms with van der Waals surface area (Å²) in [6, 6.07) is 3.69. The normalized spacial score (nSPS) is 18.8. The predicted octanol–water partition coefficient (Wildman–Crippen LogP) is 2.37. The molecule has 0 bridgehead atoms. The Labute approximate surface area is 108 Å². The molecule has 1 aromatic rings. The highest BCUT2D eigenvalue weighted by Crippen LogP contribution is 2.25. The molecule has 1 aliphatic rings. The second-order valence-electron chi connectivity index (χ2n) is 4.34. The van der Waals surface area contributed by atoms with E-state index in [0.29, 0.717) is 0 Å². The van der Waals surface area contributed by atoms with E-state index in [2.05, 4.69) is 0 Å². The van der Waals surface area contributed by atoms with Crippen molar-refractivity contribution in [1.29, 1.82) is 0 Å². The monoisotopic (exact) mass is 275 g/mol. The minimum Gasteiger partial charge on any atom is -0.362 e. The number of amides is 1. The first-order valence-electron chi connectivity index (χ1n) is 5.55. The lowest BCUT2D eigenvalue weighted by Gasteiger charge is -2.33. The number of alkyl halides is 1. The van der Waals surface area contributed by atoms with E-state index in [9.17, 15) is 13.6 Å². The number of halogens is 3. The van der Waals surface area contributed by atoms with Crippen LogP contribution in [0.2, 0.25) is 5.02 Å². The molecule has 2 rings (SSSR count). The third kappa shape index (κ3) is 2.79. The van der Waals surface area contributed by atoms with Crippen LogP contribution in [0.4, 0.5) is 8.78 Å². The molecule has 1 aromatic carbocycles. The van der Waals surface area contributed by atoms with Crippen LogP contribution in [-0.4, -0.2) is 34.9 Å². The standard InChI is InChI=1S/C12H12ClF2NO2/c13-9-7-8(1-2-10(9)14)11(17)16-5-3-12(15,18)4-6-16/h1-2,7,18H,3-6H2. The van der Waals surface area contributed by atoms with Crippen molar-refractivity contribution in [1.82, 2.24) is 4.90 Å². The van der Waals surface area contributed by atoms with Crippen molar-refractivity contribution in [2.75, 3.05) is 13.1 Å². The summed E-state index contributed by atoms with van der Waals surface area (Å²) < 4.78 is 26.1. The molecule has 0 aromatic heterocycles. The molecule has 18 heavy (non-hydrogen) atoms. The summed E-state index contributed by atoms with van der Waals surface area (Å²) >= 11 is 5.60. The maximum atomic E-state index is 13.2. The van der Waals surface area contributed by atoms with Gasteiger partial charge >= 0.3 is 0 Å². The molecule has 1 N–H and O–H groups in total. The Hall–Kier alpha value is -1.20. The van der Waals surface area contributed by atoms with Crippen LogP contribution < -0.4 is 0 Å². The first-order chi connectivity index (χ1) is 8.39. The van der Waals surface area contributed by atoms with Gasteiger partial charge in [0.25, 0.3) is 5.91 Å². The maximum absolute atomic E-state index is 13.2. The largest absolute Gasteiger partial charge is 0.362 e. The van der Waals surface area contributed by atoms with Gasteiger partial charge in [0.15, 0.2) is 0 Å². The van der Waals surface area contributed by atoms with Crippen LogP contribution in [-0.2, 0) is 0 Å². The Morgan fingerprint density at radius 1 is 1.39 bits per heavy atom. The van der Waals surface area contributed by atoms with Crippen molar-refractivity contribution < 1.29 is 18.7 Å². The Bertz CT molecular complexity index is 469. The molecule has 1 saturated heterocycles. The van der Waals surface area contributed by atoms with Crippen LogP contribution >= 0.6 is 11.6 Å².